The molecule has 0 saturated heterocycles. The van der Waals surface area contributed by atoms with Gasteiger partial charge < -0.3 is 21.1 Å². The number of carbonyl (C=O) groups is 2. The van der Waals surface area contributed by atoms with Crippen LogP contribution in [0.3, 0.4) is 0 Å². The average molecular weight is 185 g/mol. The molecule has 0 heterocycles. The van der Waals surface area contributed by atoms with Crippen LogP contribution in [0.2, 0.25) is 0 Å². The van der Waals surface area contributed by atoms with Gasteiger partial charge >= 0.3 is 30.8 Å². The van der Waals surface area contributed by atoms with E-state index in [9.17, 15) is 9.59 Å². The van der Waals surface area contributed by atoms with Crippen molar-refractivity contribution in [1.29, 1.82) is 0 Å². The number of carboxylic acid groups (broad SMARTS) is 2. The summed E-state index contributed by atoms with van der Waals surface area (Å²) < 4.78 is 0. The molecule has 7 heteroatoms. The molecule has 5 N–H and O–H groups in total. The molecule has 0 aromatic heterocycles. The van der Waals surface area contributed by atoms with Crippen molar-refractivity contribution in [3.8, 4) is 0 Å². The van der Waals surface area contributed by atoms with E-state index in [4.69, 9.17) is 21.1 Å². The maximum atomic E-state index is 10.3. The van der Waals surface area contributed by atoms with E-state index in [0.29, 0.717) is 0 Å². The standard InChI is InChI=1S/C6H11NO5.Li.H/c7-3-1-2-6(12,4(8)9)5(10)11;;/h12H,1-3,7H2,(H,8,9)(H,10,11);;. The van der Waals surface area contributed by atoms with Gasteiger partial charge in [0.1, 0.15) is 0 Å². The predicted molar refractivity (Wildman–Crippen MR) is 45.7 cm³/mol. The molecular formula is C6H12LiNO5. The van der Waals surface area contributed by atoms with Crippen molar-refractivity contribution in [3.05, 3.63) is 0 Å². The number of nitrogens with two attached hydrogens (primary N) is 1. The molecule has 0 bridgehead atoms. The summed E-state index contributed by atoms with van der Waals surface area (Å²) in [5, 5.41) is 25.8. The number of hydrogen-bond donors (Lipinski definition) is 4. The first-order valence-corrected chi connectivity index (χ1v) is 3.34. The summed E-state index contributed by atoms with van der Waals surface area (Å²) in [6.07, 6.45) is -0.233. The fourth-order valence-electron chi connectivity index (χ4n) is 0.663. The van der Waals surface area contributed by atoms with Crippen molar-refractivity contribution in [2.75, 3.05) is 6.54 Å². The van der Waals surface area contributed by atoms with Gasteiger partial charge in [0.2, 0.25) is 0 Å². The van der Waals surface area contributed by atoms with Gasteiger partial charge in [0.15, 0.2) is 0 Å². The third kappa shape index (κ3) is 3.78. The first kappa shape index (κ1) is 15.0. The molecule has 0 unspecified atom stereocenters. The van der Waals surface area contributed by atoms with Crippen LogP contribution < -0.4 is 5.73 Å². The van der Waals surface area contributed by atoms with Crippen molar-refractivity contribution in [2.45, 2.75) is 18.4 Å². The fraction of sp³-hybridized carbons (Fsp3) is 0.667. The van der Waals surface area contributed by atoms with E-state index < -0.39 is 17.5 Å². The van der Waals surface area contributed by atoms with Gasteiger partial charge in [-0.1, -0.05) is 0 Å². The van der Waals surface area contributed by atoms with Gasteiger partial charge in [-0.05, 0) is 19.4 Å². The zero-order valence-corrected chi connectivity index (χ0v) is 6.36. The Morgan fingerprint density at radius 1 is 1.23 bits per heavy atom. The number of carboxylic acids is 2. The van der Waals surface area contributed by atoms with E-state index in [1.165, 1.54) is 0 Å². The summed E-state index contributed by atoms with van der Waals surface area (Å²) in [6.45, 7) is 0.142. The minimum atomic E-state index is -2.70. The second-order valence-electron chi connectivity index (χ2n) is 2.36. The predicted octanol–water partition coefficient (Wildman–Crippen LogP) is -2.02. The third-order valence-electron chi connectivity index (χ3n) is 1.45. The molecule has 0 rings (SSSR count). The quantitative estimate of drug-likeness (QED) is 0.289. The van der Waals surface area contributed by atoms with Crippen molar-refractivity contribution < 1.29 is 24.9 Å². The van der Waals surface area contributed by atoms with E-state index >= 15 is 0 Å². The molecule has 0 amide bonds. The molecule has 0 spiro atoms. The van der Waals surface area contributed by atoms with Gasteiger partial charge in [-0.2, -0.15) is 0 Å². The van der Waals surface area contributed by atoms with Crippen molar-refractivity contribution in [2.24, 2.45) is 5.73 Å². The zero-order valence-electron chi connectivity index (χ0n) is 6.36. The molecule has 0 aliphatic rings. The molecule has 13 heavy (non-hydrogen) atoms. The Morgan fingerprint density at radius 2 is 1.62 bits per heavy atom. The van der Waals surface area contributed by atoms with E-state index in [-0.39, 0.29) is 38.2 Å². The Bertz CT molecular complexity index is 181. The van der Waals surface area contributed by atoms with E-state index in [2.05, 4.69) is 0 Å². The summed E-state index contributed by atoms with van der Waals surface area (Å²) >= 11 is 0. The SMILES string of the molecule is NCCCC(O)(C(=O)O)C(=O)O.[LiH]. The van der Waals surface area contributed by atoms with Crippen LogP contribution in [-0.2, 0) is 9.59 Å². The first-order chi connectivity index (χ1) is 5.45. The average Bonchev–Trinajstić information content (AvgIpc) is 1.99. The van der Waals surface area contributed by atoms with Crippen LogP contribution in [0.1, 0.15) is 12.8 Å². The van der Waals surface area contributed by atoms with Crippen molar-refractivity contribution >= 4 is 30.8 Å². The molecule has 0 atom stereocenters. The number of rotatable bonds is 5. The minimum absolute atomic E-state index is 0. The van der Waals surface area contributed by atoms with Crippen molar-refractivity contribution in [3.63, 3.8) is 0 Å². The monoisotopic (exact) mass is 185 g/mol. The summed E-state index contributed by atoms with van der Waals surface area (Å²) in [6, 6.07) is 0. The number of aliphatic hydroxyl groups is 1. The van der Waals surface area contributed by atoms with Gasteiger partial charge in [-0.15, -0.1) is 0 Å². The number of hydrogen-bond acceptors (Lipinski definition) is 4. The summed E-state index contributed by atoms with van der Waals surface area (Å²) in [7, 11) is 0. The van der Waals surface area contributed by atoms with Gasteiger partial charge in [-0.3, -0.25) is 0 Å². The number of aliphatic carboxylic acids is 2. The van der Waals surface area contributed by atoms with E-state index in [0.717, 1.165) is 0 Å². The van der Waals surface area contributed by atoms with Gasteiger partial charge in [0.05, 0.1) is 0 Å². The normalized spacial score (nSPS) is 10.3. The summed E-state index contributed by atoms with van der Waals surface area (Å²) in [5.74, 6) is -3.52. The zero-order chi connectivity index (χ0) is 9.78. The molecule has 72 valence electrons. The fourth-order valence-corrected chi connectivity index (χ4v) is 0.663. The Hall–Kier alpha value is -0.543. The maximum absolute atomic E-state index is 10.3. The van der Waals surface area contributed by atoms with E-state index in [1.807, 2.05) is 0 Å². The Morgan fingerprint density at radius 3 is 1.85 bits per heavy atom. The molecule has 0 aromatic rings. The van der Waals surface area contributed by atoms with Crippen LogP contribution in [0.25, 0.3) is 0 Å². The molecule has 0 radical (unpaired) electrons. The molecular weight excluding hydrogens is 173 g/mol. The van der Waals surface area contributed by atoms with Crippen LogP contribution in [0.4, 0.5) is 0 Å². The van der Waals surface area contributed by atoms with Gasteiger partial charge in [-0.25, -0.2) is 9.59 Å². The van der Waals surface area contributed by atoms with Crippen LogP contribution in [-0.4, -0.2) is 58.3 Å². The summed E-state index contributed by atoms with van der Waals surface area (Å²) in [5.41, 5.74) is 2.34. The van der Waals surface area contributed by atoms with Crippen LogP contribution in [0.5, 0.6) is 0 Å². The summed E-state index contributed by atoms with van der Waals surface area (Å²) in [4.78, 5) is 20.6. The van der Waals surface area contributed by atoms with Crippen LogP contribution >= 0.6 is 0 Å². The van der Waals surface area contributed by atoms with Crippen molar-refractivity contribution in [1.82, 2.24) is 0 Å². The van der Waals surface area contributed by atoms with Crippen LogP contribution in [0, 0.1) is 0 Å². The Balaban J connectivity index is 0. The Kier molecular flexibility index (Phi) is 6.90. The topological polar surface area (TPSA) is 121 Å². The Labute approximate surface area is 86.9 Å². The third-order valence-corrected chi connectivity index (χ3v) is 1.45. The van der Waals surface area contributed by atoms with Gasteiger partial charge in [0, 0.05) is 0 Å². The molecule has 0 aliphatic carbocycles. The van der Waals surface area contributed by atoms with E-state index in [1.54, 1.807) is 0 Å². The molecule has 6 nitrogen and oxygen atoms in total. The first-order valence-electron chi connectivity index (χ1n) is 3.34. The molecule has 0 fully saturated rings. The van der Waals surface area contributed by atoms with Gasteiger partial charge in [0.25, 0.3) is 5.60 Å². The molecule has 0 saturated carbocycles. The molecule has 0 aromatic carbocycles. The molecule has 0 aliphatic heterocycles. The van der Waals surface area contributed by atoms with Crippen LogP contribution in [0.15, 0.2) is 0 Å². The second-order valence-corrected chi connectivity index (χ2v) is 2.36. The second kappa shape index (κ2) is 5.99.